The summed E-state index contributed by atoms with van der Waals surface area (Å²) in [6, 6.07) is 3.75. The molecule has 0 N–H and O–H groups in total. The van der Waals surface area contributed by atoms with Crippen LogP contribution < -0.4 is 44.1 Å². The Morgan fingerprint density at radius 1 is 1.19 bits per heavy atom. The third-order valence-electron chi connectivity index (χ3n) is 2.96. The molecule has 1 heterocycles. The predicted molar refractivity (Wildman–Crippen MR) is 48.5 cm³/mol. The van der Waals surface area contributed by atoms with Crippen molar-refractivity contribution >= 4 is 5.97 Å². The third kappa shape index (κ3) is 1.81. The second-order valence-electron chi connectivity index (χ2n) is 3.90. The van der Waals surface area contributed by atoms with Crippen molar-refractivity contribution in [3.05, 3.63) is 23.3 Å². The molecule has 3 rings (SSSR count). The summed E-state index contributed by atoms with van der Waals surface area (Å²) in [6.45, 7) is 0.252. The number of carboxylic acids is 1. The molecule has 0 bridgehead atoms. The van der Waals surface area contributed by atoms with Gasteiger partial charge >= 0.3 is 29.6 Å². The van der Waals surface area contributed by atoms with E-state index in [1.54, 1.807) is 0 Å². The summed E-state index contributed by atoms with van der Waals surface area (Å²) in [5.74, 6) is 0.0521. The third-order valence-corrected chi connectivity index (χ3v) is 2.96. The molecule has 16 heavy (non-hydrogen) atoms. The van der Waals surface area contributed by atoms with E-state index in [1.165, 1.54) is 0 Å². The Kier molecular flexibility index (Phi) is 3.15. The Balaban J connectivity index is 0.000000963. The molecule has 1 aromatic rings. The van der Waals surface area contributed by atoms with Crippen LogP contribution in [0.1, 0.15) is 11.1 Å². The smallest absolute Gasteiger partial charge is 0.550 e. The number of rotatable bonds is 1. The van der Waals surface area contributed by atoms with Crippen LogP contribution in [0.3, 0.4) is 0 Å². The van der Waals surface area contributed by atoms with Crippen LogP contribution in [0.15, 0.2) is 12.1 Å². The van der Waals surface area contributed by atoms with E-state index in [-0.39, 0.29) is 36.4 Å². The number of aliphatic carboxylic acids is 1. The maximum Gasteiger partial charge on any atom is 1.00 e. The summed E-state index contributed by atoms with van der Waals surface area (Å²) in [5, 5.41) is 10.7. The molecular weight excluding hydrogens is 219 g/mol. The molecule has 0 radical (unpaired) electrons. The van der Waals surface area contributed by atoms with E-state index in [0.717, 1.165) is 11.1 Å². The predicted octanol–water partition coefficient (Wildman–Crippen LogP) is -3.12. The fraction of sp³-hybridized carbons (Fsp3) is 0.364. The van der Waals surface area contributed by atoms with Gasteiger partial charge in [0, 0.05) is 11.9 Å². The zero-order valence-corrected chi connectivity index (χ0v) is 11.0. The molecule has 0 spiro atoms. The summed E-state index contributed by atoms with van der Waals surface area (Å²) < 4.78 is 10.5. The summed E-state index contributed by atoms with van der Waals surface area (Å²) in [6.07, 6.45) is 1.07. The topological polar surface area (TPSA) is 58.6 Å². The molecule has 78 valence electrons. The first-order valence-electron chi connectivity index (χ1n) is 4.86. The van der Waals surface area contributed by atoms with E-state index in [4.69, 9.17) is 9.47 Å². The molecule has 0 atom stereocenters. The molecule has 0 aromatic heterocycles. The zero-order chi connectivity index (χ0) is 10.4. The largest absolute Gasteiger partial charge is 1.00 e. The van der Waals surface area contributed by atoms with Crippen molar-refractivity contribution < 1.29 is 48.9 Å². The number of carbonyl (C=O) groups is 1. The minimum absolute atomic E-state index is 0. The number of hydrogen-bond acceptors (Lipinski definition) is 4. The standard InChI is InChI=1S/C11H10O4.Na/c12-11(13)8-1-6-3-9-10(15-5-14-9)4-7(6)2-8;/h3-4,8H,1-2,5H2,(H,12,13);/q;+1/p-1. The van der Waals surface area contributed by atoms with Gasteiger partial charge in [-0.05, 0) is 36.1 Å². The Morgan fingerprint density at radius 3 is 2.12 bits per heavy atom. The van der Waals surface area contributed by atoms with Gasteiger partial charge in [0.2, 0.25) is 6.79 Å². The van der Waals surface area contributed by atoms with E-state index < -0.39 is 11.9 Å². The zero-order valence-electron chi connectivity index (χ0n) is 8.99. The van der Waals surface area contributed by atoms with E-state index in [0.29, 0.717) is 24.3 Å². The SMILES string of the molecule is O=C([O-])C1Cc2cc3c(cc2C1)OCO3.[Na+]. The molecule has 0 amide bonds. The Bertz CT molecular complexity index is 411. The van der Waals surface area contributed by atoms with Crippen LogP contribution in [0.2, 0.25) is 0 Å². The van der Waals surface area contributed by atoms with E-state index in [1.807, 2.05) is 12.1 Å². The van der Waals surface area contributed by atoms with Crippen LogP contribution in [-0.2, 0) is 17.6 Å². The summed E-state index contributed by atoms with van der Waals surface area (Å²) in [7, 11) is 0. The van der Waals surface area contributed by atoms with Crippen LogP contribution in [0.4, 0.5) is 0 Å². The van der Waals surface area contributed by atoms with Gasteiger partial charge in [-0.3, -0.25) is 0 Å². The number of hydrogen-bond donors (Lipinski definition) is 0. The molecule has 2 aliphatic rings. The van der Waals surface area contributed by atoms with Gasteiger partial charge in [-0.1, -0.05) is 0 Å². The summed E-state index contributed by atoms with van der Waals surface area (Å²) in [4.78, 5) is 10.7. The van der Waals surface area contributed by atoms with Crippen molar-refractivity contribution in [2.24, 2.45) is 5.92 Å². The Hall–Kier alpha value is -0.710. The normalized spacial score (nSPS) is 16.8. The average Bonchev–Trinajstić information content (AvgIpc) is 2.77. The second-order valence-corrected chi connectivity index (χ2v) is 3.90. The van der Waals surface area contributed by atoms with Crippen LogP contribution in [0, 0.1) is 5.92 Å². The number of ether oxygens (including phenoxy) is 2. The minimum atomic E-state index is -0.979. The van der Waals surface area contributed by atoms with E-state index >= 15 is 0 Å². The molecule has 1 aromatic carbocycles. The monoisotopic (exact) mass is 228 g/mol. The van der Waals surface area contributed by atoms with Gasteiger partial charge in [0.05, 0.1) is 0 Å². The van der Waals surface area contributed by atoms with Crippen molar-refractivity contribution in [2.75, 3.05) is 6.79 Å². The van der Waals surface area contributed by atoms with Crippen LogP contribution in [0.25, 0.3) is 0 Å². The van der Waals surface area contributed by atoms with Crippen molar-refractivity contribution in [3.63, 3.8) is 0 Å². The summed E-state index contributed by atoms with van der Waals surface area (Å²) in [5.41, 5.74) is 2.07. The number of benzene rings is 1. The van der Waals surface area contributed by atoms with Gasteiger partial charge in [-0.2, -0.15) is 0 Å². The molecule has 4 nitrogen and oxygen atoms in total. The fourth-order valence-corrected chi connectivity index (χ4v) is 2.18. The summed E-state index contributed by atoms with van der Waals surface area (Å²) >= 11 is 0. The first-order chi connectivity index (χ1) is 7.24. The van der Waals surface area contributed by atoms with Crippen molar-refractivity contribution in [1.29, 1.82) is 0 Å². The maximum atomic E-state index is 10.7. The first-order valence-corrected chi connectivity index (χ1v) is 4.86. The Morgan fingerprint density at radius 2 is 1.69 bits per heavy atom. The van der Waals surface area contributed by atoms with Gasteiger partial charge < -0.3 is 19.4 Å². The van der Waals surface area contributed by atoms with E-state index in [2.05, 4.69) is 0 Å². The first kappa shape index (κ1) is 11.8. The molecule has 1 aliphatic heterocycles. The molecular formula is C11H9NaO4. The quantitative estimate of drug-likeness (QED) is 0.477. The minimum Gasteiger partial charge on any atom is -0.550 e. The number of fused-ring (bicyclic) bond motifs is 2. The molecule has 0 saturated carbocycles. The van der Waals surface area contributed by atoms with Crippen molar-refractivity contribution in [1.82, 2.24) is 0 Å². The van der Waals surface area contributed by atoms with E-state index in [9.17, 15) is 9.90 Å². The van der Waals surface area contributed by atoms with Gasteiger partial charge in [0.15, 0.2) is 11.5 Å². The second kappa shape index (κ2) is 4.28. The fourth-order valence-electron chi connectivity index (χ4n) is 2.18. The van der Waals surface area contributed by atoms with Crippen LogP contribution in [-0.4, -0.2) is 12.8 Å². The van der Waals surface area contributed by atoms with Crippen molar-refractivity contribution in [3.8, 4) is 11.5 Å². The van der Waals surface area contributed by atoms with Crippen molar-refractivity contribution in [2.45, 2.75) is 12.8 Å². The van der Waals surface area contributed by atoms with Crippen LogP contribution >= 0.6 is 0 Å². The number of carboxylic acid groups (broad SMARTS) is 1. The number of carbonyl (C=O) groups excluding carboxylic acids is 1. The van der Waals surface area contributed by atoms with Gasteiger partial charge in [-0.25, -0.2) is 0 Å². The average molecular weight is 228 g/mol. The molecule has 5 heteroatoms. The van der Waals surface area contributed by atoms with Crippen LogP contribution in [0.5, 0.6) is 11.5 Å². The molecule has 1 aliphatic carbocycles. The molecule has 0 saturated heterocycles. The Labute approximate surface area is 115 Å². The maximum absolute atomic E-state index is 10.7. The molecule has 0 fully saturated rings. The van der Waals surface area contributed by atoms with Gasteiger partial charge in [0.1, 0.15) is 0 Å². The van der Waals surface area contributed by atoms with Gasteiger partial charge in [0.25, 0.3) is 0 Å². The van der Waals surface area contributed by atoms with Gasteiger partial charge in [-0.15, -0.1) is 0 Å². The molecule has 0 unspecified atom stereocenters.